The fraction of sp³-hybridized carbons (Fsp3) is 0.381. The predicted octanol–water partition coefficient (Wildman–Crippen LogP) is 4.53. The zero-order chi connectivity index (χ0) is 20.8. The van der Waals surface area contributed by atoms with E-state index in [4.69, 9.17) is 16.3 Å². The first-order chi connectivity index (χ1) is 14.0. The second kappa shape index (κ2) is 9.60. The van der Waals surface area contributed by atoms with Crippen LogP contribution in [0, 0.1) is 10.1 Å². The molecule has 1 aliphatic heterocycles. The third kappa shape index (κ3) is 5.17. The van der Waals surface area contributed by atoms with Crippen LogP contribution in [0.4, 0.5) is 17.1 Å². The number of nitro groups is 1. The number of nitrogens with zero attached hydrogens (tertiary/aromatic N) is 3. The van der Waals surface area contributed by atoms with Gasteiger partial charge in [-0.25, -0.2) is 4.79 Å². The highest BCUT2D eigenvalue weighted by Crippen LogP contribution is 2.30. The van der Waals surface area contributed by atoms with E-state index in [2.05, 4.69) is 16.7 Å². The third-order valence-electron chi connectivity index (χ3n) is 4.97. The molecule has 0 bridgehead atoms. The molecule has 0 amide bonds. The topological polar surface area (TPSA) is 75.9 Å². The Kier molecular flexibility index (Phi) is 6.93. The smallest absolute Gasteiger partial charge is 0.338 e. The average Bonchev–Trinajstić information content (AvgIpc) is 2.74. The Morgan fingerprint density at radius 1 is 1.07 bits per heavy atom. The molecule has 1 saturated heterocycles. The Labute approximate surface area is 175 Å². The Hall–Kier alpha value is -2.80. The summed E-state index contributed by atoms with van der Waals surface area (Å²) in [5.74, 6) is -0.292. The van der Waals surface area contributed by atoms with Gasteiger partial charge in [-0.15, -0.1) is 0 Å². The summed E-state index contributed by atoms with van der Waals surface area (Å²) in [6, 6.07) is 12.3. The lowest BCUT2D eigenvalue weighted by atomic mass is 10.1. The molecule has 0 aliphatic carbocycles. The predicted molar refractivity (Wildman–Crippen MR) is 114 cm³/mol. The van der Waals surface area contributed by atoms with Crippen molar-refractivity contribution in [3.05, 3.63) is 63.2 Å². The lowest BCUT2D eigenvalue weighted by Crippen LogP contribution is -2.46. The van der Waals surface area contributed by atoms with Crippen LogP contribution < -0.4 is 9.80 Å². The minimum atomic E-state index is -0.461. The van der Waals surface area contributed by atoms with Crippen LogP contribution in [0.1, 0.15) is 30.1 Å². The van der Waals surface area contributed by atoms with Crippen LogP contribution in [0.3, 0.4) is 0 Å². The van der Waals surface area contributed by atoms with Gasteiger partial charge in [0, 0.05) is 43.6 Å². The minimum Gasteiger partial charge on any atom is -0.462 e. The van der Waals surface area contributed by atoms with Crippen molar-refractivity contribution in [1.82, 2.24) is 0 Å². The molecule has 0 N–H and O–H groups in total. The van der Waals surface area contributed by atoms with Crippen molar-refractivity contribution >= 4 is 34.6 Å². The Morgan fingerprint density at radius 2 is 1.66 bits per heavy atom. The van der Waals surface area contributed by atoms with Gasteiger partial charge in [-0.3, -0.25) is 10.1 Å². The number of carbonyl (C=O) groups excluding carboxylic acids is 1. The molecule has 3 rings (SSSR count). The number of carbonyl (C=O) groups is 1. The van der Waals surface area contributed by atoms with Gasteiger partial charge in [0.05, 0.1) is 17.1 Å². The Balaban J connectivity index is 1.59. The van der Waals surface area contributed by atoms with Crippen LogP contribution >= 0.6 is 11.6 Å². The van der Waals surface area contributed by atoms with E-state index in [-0.39, 0.29) is 16.7 Å². The number of esters is 1. The highest BCUT2D eigenvalue weighted by atomic mass is 35.5. The fourth-order valence-corrected chi connectivity index (χ4v) is 3.45. The molecular weight excluding hydrogens is 394 g/mol. The summed E-state index contributed by atoms with van der Waals surface area (Å²) in [7, 11) is 0. The van der Waals surface area contributed by atoms with Crippen LogP contribution in [-0.2, 0) is 4.74 Å². The van der Waals surface area contributed by atoms with E-state index < -0.39 is 4.92 Å². The van der Waals surface area contributed by atoms with Crippen LogP contribution in [0.2, 0.25) is 5.02 Å². The summed E-state index contributed by atoms with van der Waals surface area (Å²) < 4.78 is 5.24. The van der Waals surface area contributed by atoms with Crippen molar-refractivity contribution in [3.63, 3.8) is 0 Å². The molecule has 7 nitrogen and oxygen atoms in total. The number of hydrogen-bond acceptors (Lipinski definition) is 6. The molecular formula is C21H24ClN3O4. The third-order valence-corrected chi connectivity index (χ3v) is 5.29. The summed E-state index contributed by atoms with van der Waals surface area (Å²) in [6.07, 6.45) is 1.85. The van der Waals surface area contributed by atoms with Gasteiger partial charge in [-0.1, -0.05) is 24.9 Å². The number of piperazine rings is 1. The van der Waals surface area contributed by atoms with Crippen molar-refractivity contribution in [2.75, 3.05) is 42.6 Å². The van der Waals surface area contributed by atoms with Gasteiger partial charge < -0.3 is 14.5 Å². The molecule has 2 aromatic rings. The van der Waals surface area contributed by atoms with Gasteiger partial charge in [0.2, 0.25) is 0 Å². The zero-order valence-electron chi connectivity index (χ0n) is 16.3. The molecule has 0 unspecified atom stereocenters. The maximum Gasteiger partial charge on any atom is 0.338 e. The lowest BCUT2D eigenvalue weighted by Gasteiger charge is -2.37. The van der Waals surface area contributed by atoms with Crippen LogP contribution in [0.25, 0.3) is 0 Å². The SMILES string of the molecule is CCCCOC(=O)c1ccc(N2CCN(c3ccc(Cl)c([N+](=O)[O-])c3)CC2)cc1. The van der Waals surface area contributed by atoms with E-state index in [9.17, 15) is 14.9 Å². The van der Waals surface area contributed by atoms with E-state index in [1.54, 1.807) is 18.2 Å². The first-order valence-corrected chi connectivity index (χ1v) is 10.1. The maximum atomic E-state index is 12.0. The average molecular weight is 418 g/mol. The molecule has 0 radical (unpaired) electrons. The number of benzene rings is 2. The first kappa shape index (κ1) is 20.9. The lowest BCUT2D eigenvalue weighted by molar-refractivity contribution is -0.384. The zero-order valence-corrected chi connectivity index (χ0v) is 17.1. The van der Waals surface area contributed by atoms with Gasteiger partial charge in [0.15, 0.2) is 0 Å². The van der Waals surface area contributed by atoms with Crippen molar-refractivity contribution < 1.29 is 14.5 Å². The van der Waals surface area contributed by atoms with Crippen molar-refractivity contribution in [2.24, 2.45) is 0 Å². The van der Waals surface area contributed by atoms with E-state index in [0.29, 0.717) is 12.2 Å². The van der Waals surface area contributed by atoms with Gasteiger partial charge in [-0.05, 0) is 42.8 Å². The van der Waals surface area contributed by atoms with E-state index in [0.717, 1.165) is 50.4 Å². The first-order valence-electron chi connectivity index (χ1n) is 9.70. The molecule has 154 valence electrons. The van der Waals surface area contributed by atoms with Crippen LogP contribution in [0.5, 0.6) is 0 Å². The van der Waals surface area contributed by atoms with Gasteiger partial charge in [0.1, 0.15) is 5.02 Å². The number of unbranched alkanes of at least 4 members (excludes halogenated alkanes) is 1. The molecule has 1 heterocycles. The molecule has 0 aromatic heterocycles. The Bertz CT molecular complexity index is 865. The molecule has 0 spiro atoms. The second-order valence-corrected chi connectivity index (χ2v) is 7.31. The molecule has 2 aromatic carbocycles. The standard InChI is InChI=1S/C21H24ClN3O4/c1-2-3-14-29-21(26)16-4-6-17(7-5-16)23-10-12-24(13-11-23)18-8-9-19(22)20(15-18)25(27)28/h4-9,15H,2-3,10-14H2,1H3. The number of nitro benzene ring substituents is 1. The van der Waals surface area contributed by atoms with Gasteiger partial charge in [0.25, 0.3) is 5.69 Å². The van der Waals surface area contributed by atoms with Crippen molar-refractivity contribution in [1.29, 1.82) is 0 Å². The largest absolute Gasteiger partial charge is 0.462 e. The van der Waals surface area contributed by atoms with Crippen LogP contribution in [0.15, 0.2) is 42.5 Å². The maximum absolute atomic E-state index is 12.0. The molecule has 1 aliphatic rings. The van der Waals surface area contributed by atoms with E-state index in [1.165, 1.54) is 6.07 Å². The highest BCUT2D eigenvalue weighted by molar-refractivity contribution is 6.32. The fourth-order valence-electron chi connectivity index (χ4n) is 3.26. The number of halogens is 1. The minimum absolute atomic E-state index is 0.0759. The summed E-state index contributed by atoms with van der Waals surface area (Å²) in [5, 5.41) is 11.2. The molecule has 0 saturated carbocycles. The summed E-state index contributed by atoms with van der Waals surface area (Å²) in [6.45, 7) is 5.52. The van der Waals surface area contributed by atoms with E-state index >= 15 is 0 Å². The second-order valence-electron chi connectivity index (χ2n) is 6.90. The van der Waals surface area contributed by atoms with E-state index in [1.807, 2.05) is 18.2 Å². The quantitative estimate of drug-likeness (QED) is 0.285. The molecule has 1 fully saturated rings. The number of hydrogen-bond donors (Lipinski definition) is 0. The molecule has 29 heavy (non-hydrogen) atoms. The normalized spacial score (nSPS) is 14.0. The molecule has 8 heteroatoms. The number of rotatable bonds is 7. The van der Waals surface area contributed by atoms with Crippen LogP contribution in [-0.4, -0.2) is 43.7 Å². The summed E-state index contributed by atoms with van der Waals surface area (Å²) in [4.78, 5) is 27.0. The monoisotopic (exact) mass is 417 g/mol. The summed E-state index contributed by atoms with van der Waals surface area (Å²) in [5.41, 5.74) is 2.31. The Morgan fingerprint density at radius 3 is 2.24 bits per heavy atom. The van der Waals surface area contributed by atoms with Gasteiger partial charge >= 0.3 is 5.97 Å². The van der Waals surface area contributed by atoms with Gasteiger partial charge in [-0.2, -0.15) is 0 Å². The highest BCUT2D eigenvalue weighted by Gasteiger charge is 2.21. The van der Waals surface area contributed by atoms with Crippen molar-refractivity contribution in [2.45, 2.75) is 19.8 Å². The van der Waals surface area contributed by atoms with Crippen molar-refractivity contribution in [3.8, 4) is 0 Å². The molecule has 0 atom stereocenters. The number of anilines is 2. The number of ether oxygens (including phenoxy) is 1. The summed E-state index contributed by atoms with van der Waals surface area (Å²) >= 11 is 5.90.